The first kappa shape index (κ1) is 5.84. The summed E-state index contributed by atoms with van der Waals surface area (Å²) in [4.78, 5) is 0. The van der Waals surface area contributed by atoms with Crippen LogP contribution in [0.4, 0.5) is 0 Å². The van der Waals surface area contributed by atoms with Crippen LogP contribution in [-0.4, -0.2) is 13.8 Å². The van der Waals surface area contributed by atoms with Gasteiger partial charge in [-0.15, -0.1) is 0 Å². The van der Waals surface area contributed by atoms with Crippen molar-refractivity contribution in [1.29, 1.82) is 0 Å². The van der Waals surface area contributed by atoms with E-state index in [1.54, 1.807) is 0 Å². The molecule has 1 aliphatic rings. The van der Waals surface area contributed by atoms with Crippen molar-refractivity contribution in [2.45, 2.75) is 12.4 Å². The second kappa shape index (κ2) is 2.05. The summed E-state index contributed by atoms with van der Waals surface area (Å²) in [7, 11) is 5.56. The van der Waals surface area contributed by atoms with E-state index < -0.39 is 0 Å². The Balaban J connectivity index is 2.42. The van der Waals surface area contributed by atoms with Crippen LogP contribution in [0.2, 0.25) is 0 Å². The van der Waals surface area contributed by atoms with E-state index in [0.29, 0.717) is 0 Å². The van der Waals surface area contributed by atoms with Crippen LogP contribution < -0.4 is 4.74 Å². The molecule has 2 heteroatoms. The van der Waals surface area contributed by atoms with Crippen LogP contribution in [0.5, 0.6) is 5.75 Å². The molecule has 0 N–H and O–H groups in total. The fourth-order valence-electron chi connectivity index (χ4n) is 1.21. The molecule has 2 rings (SSSR count). The van der Waals surface area contributed by atoms with E-state index in [2.05, 4.69) is 0 Å². The standard InChI is InChI=1S/C8H7BO/c9-8-5-6-3-1-2-4-7(6)10-8/h1-4,8H,5H2. The fourth-order valence-corrected chi connectivity index (χ4v) is 1.21. The van der Waals surface area contributed by atoms with E-state index >= 15 is 0 Å². The number of hydrogen-bond donors (Lipinski definition) is 0. The van der Waals surface area contributed by atoms with E-state index in [1.165, 1.54) is 5.56 Å². The summed E-state index contributed by atoms with van der Waals surface area (Å²) >= 11 is 0. The van der Waals surface area contributed by atoms with Gasteiger partial charge in [-0.2, -0.15) is 0 Å². The summed E-state index contributed by atoms with van der Waals surface area (Å²) in [5.74, 6) is 0.940. The van der Waals surface area contributed by atoms with Crippen molar-refractivity contribution in [2.24, 2.45) is 0 Å². The van der Waals surface area contributed by atoms with E-state index in [-0.39, 0.29) is 6.00 Å². The molecule has 1 unspecified atom stereocenters. The van der Waals surface area contributed by atoms with Gasteiger partial charge in [0.2, 0.25) is 0 Å². The Bertz CT molecular complexity index is 222. The van der Waals surface area contributed by atoms with Crippen LogP contribution >= 0.6 is 0 Å². The first-order valence-corrected chi connectivity index (χ1v) is 3.36. The Labute approximate surface area is 61.4 Å². The second-order valence-electron chi connectivity index (χ2n) is 2.47. The molecule has 0 bridgehead atoms. The van der Waals surface area contributed by atoms with Gasteiger partial charge in [-0.1, -0.05) is 18.2 Å². The van der Waals surface area contributed by atoms with Gasteiger partial charge in [0, 0.05) is 6.42 Å². The molecule has 0 fully saturated rings. The smallest absolute Gasteiger partial charge is 0.127 e. The van der Waals surface area contributed by atoms with E-state index in [4.69, 9.17) is 12.6 Å². The monoisotopic (exact) mass is 130 g/mol. The molecule has 0 amide bonds. The highest BCUT2D eigenvalue weighted by Crippen LogP contribution is 2.26. The molecule has 0 spiro atoms. The maximum atomic E-state index is 5.56. The van der Waals surface area contributed by atoms with Crippen LogP contribution in [0.15, 0.2) is 24.3 Å². The van der Waals surface area contributed by atoms with Crippen molar-refractivity contribution in [1.82, 2.24) is 0 Å². The highest BCUT2D eigenvalue weighted by molar-refractivity contribution is 6.11. The molecule has 1 aromatic carbocycles. The molecule has 0 saturated heterocycles. The summed E-state index contributed by atoms with van der Waals surface area (Å²) in [6, 6.07) is 7.82. The second-order valence-corrected chi connectivity index (χ2v) is 2.47. The highest BCUT2D eigenvalue weighted by Gasteiger charge is 2.16. The lowest BCUT2D eigenvalue weighted by Gasteiger charge is -2.01. The zero-order chi connectivity index (χ0) is 6.97. The maximum Gasteiger partial charge on any atom is 0.127 e. The van der Waals surface area contributed by atoms with Crippen LogP contribution in [0.3, 0.4) is 0 Å². The Hall–Kier alpha value is -0.915. The van der Waals surface area contributed by atoms with Gasteiger partial charge in [0.05, 0.1) is 6.00 Å². The van der Waals surface area contributed by atoms with Crippen molar-refractivity contribution < 1.29 is 4.74 Å². The minimum atomic E-state index is -0.127. The van der Waals surface area contributed by atoms with Gasteiger partial charge in [0.15, 0.2) is 0 Å². The molecule has 1 aromatic rings. The summed E-state index contributed by atoms with van der Waals surface area (Å²) in [5, 5.41) is 0. The largest absolute Gasteiger partial charge is 0.500 e. The van der Waals surface area contributed by atoms with Crippen LogP contribution in [0.1, 0.15) is 5.56 Å². The summed E-state index contributed by atoms with van der Waals surface area (Å²) in [6.45, 7) is 0. The summed E-state index contributed by atoms with van der Waals surface area (Å²) in [5.41, 5.74) is 1.22. The third kappa shape index (κ3) is 0.802. The molecule has 2 radical (unpaired) electrons. The minimum Gasteiger partial charge on any atom is -0.500 e. The van der Waals surface area contributed by atoms with E-state index in [1.807, 2.05) is 24.3 Å². The number of para-hydroxylation sites is 1. The Morgan fingerprint density at radius 2 is 2.20 bits per heavy atom. The van der Waals surface area contributed by atoms with E-state index in [0.717, 1.165) is 12.2 Å². The normalized spacial score (nSPS) is 21.8. The highest BCUT2D eigenvalue weighted by atomic mass is 16.5. The SMILES string of the molecule is [B]C1Cc2ccccc2O1. The van der Waals surface area contributed by atoms with E-state index in [9.17, 15) is 0 Å². The van der Waals surface area contributed by atoms with Crippen molar-refractivity contribution in [3.05, 3.63) is 29.8 Å². The molecular weight excluding hydrogens is 123 g/mol. The van der Waals surface area contributed by atoms with Crippen molar-refractivity contribution >= 4 is 7.85 Å². The predicted octanol–water partition coefficient (Wildman–Crippen LogP) is 1.12. The molecule has 1 heterocycles. The molecule has 1 aliphatic heterocycles. The Kier molecular flexibility index (Phi) is 1.19. The third-order valence-electron chi connectivity index (χ3n) is 1.67. The molecular formula is C8H7BO. The van der Waals surface area contributed by atoms with Crippen molar-refractivity contribution in [2.75, 3.05) is 0 Å². The lowest BCUT2D eigenvalue weighted by atomic mass is 9.95. The lowest BCUT2D eigenvalue weighted by molar-refractivity contribution is 0.315. The number of fused-ring (bicyclic) bond motifs is 1. The van der Waals surface area contributed by atoms with Gasteiger partial charge in [0.25, 0.3) is 0 Å². The van der Waals surface area contributed by atoms with Gasteiger partial charge < -0.3 is 4.74 Å². The maximum absolute atomic E-state index is 5.56. The first-order chi connectivity index (χ1) is 4.86. The minimum absolute atomic E-state index is 0.127. The van der Waals surface area contributed by atoms with Crippen LogP contribution in [-0.2, 0) is 6.42 Å². The number of hydrogen-bond acceptors (Lipinski definition) is 1. The average Bonchev–Trinajstić information content (AvgIpc) is 2.27. The fraction of sp³-hybridized carbons (Fsp3) is 0.250. The van der Waals surface area contributed by atoms with Gasteiger partial charge in [-0.25, -0.2) is 0 Å². The quantitative estimate of drug-likeness (QED) is 0.478. The predicted molar refractivity (Wildman–Crippen MR) is 40.3 cm³/mol. The molecule has 48 valence electrons. The zero-order valence-corrected chi connectivity index (χ0v) is 5.58. The van der Waals surface area contributed by atoms with Gasteiger partial charge >= 0.3 is 0 Å². The van der Waals surface area contributed by atoms with Gasteiger partial charge in [-0.3, -0.25) is 0 Å². The topological polar surface area (TPSA) is 9.23 Å². The molecule has 0 saturated carbocycles. The average molecular weight is 130 g/mol. The number of rotatable bonds is 0. The van der Waals surface area contributed by atoms with Gasteiger partial charge in [0.1, 0.15) is 13.6 Å². The summed E-state index contributed by atoms with van der Waals surface area (Å²) in [6.07, 6.45) is 0.843. The molecule has 1 atom stereocenters. The molecule has 10 heavy (non-hydrogen) atoms. The molecule has 1 nitrogen and oxygen atoms in total. The number of benzene rings is 1. The Morgan fingerprint density at radius 3 is 3.00 bits per heavy atom. The first-order valence-electron chi connectivity index (χ1n) is 3.36. The van der Waals surface area contributed by atoms with Gasteiger partial charge in [-0.05, 0) is 11.6 Å². The van der Waals surface area contributed by atoms with Crippen LogP contribution in [0, 0.1) is 0 Å². The summed E-state index contributed by atoms with van der Waals surface area (Å²) < 4.78 is 5.28. The number of ether oxygens (including phenoxy) is 1. The third-order valence-corrected chi connectivity index (χ3v) is 1.67. The van der Waals surface area contributed by atoms with Crippen LogP contribution in [0.25, 0.3) is 0 Å². The van der Waals surface area contributed by atoms with Crippen molar-refractivity contribution in [3.8, 4) is 5.75 Å². The molecule has 0 aliphatic carbocycles. The zero-order valence-electron chi connectivity index (χ0n) is 5.58. The lowest BCUT2D eigenvalue weighted by Crippen LogP contribution is -2.11. The molecule has 0 aromatic heterocycles. The van der Waals surface area contributed by atoms with Crippen molar-refractivity contribution in [3.63, 3.8) is 0 Å². The Morgan fingerprint density at radius 1 is 1.40 bits per heavy atom.